The smallest absolute Gasteiger partial charge is 0.355 e. The second kappa shape index (κ2) is 7.51. The van der Waals surface area contributed by atoms with Gasteiger partial charge in [-0.15, -0.1) is 0 Å². The van der Waals surface area contributed by atoms with Crippen molar-refractivity contribution in [1.29, 1.82) is 0 Å². The quantitative estimate of drug-likeness (QED) is 0.800. The Hall–Kier alpha value is -1.47. The summed E-state index contributed by atoms with van der Waals surface area (Å²) in [6, 6.07) is 1.86. The molecule has 0 spiro atoms. The first-order chi connectivity index (χ1) is 10.1. The van der Waals surface area contributed by atoms with Gasteiger partial charge in [-0.3, -0.25) is 4.79 Å². The summed E-state index contributed by atoms with van der Waals surface area (Å²) >= 11 is 1.86. The van der Waals surface area contributed by atoms with Gasteiger partial charge >= 0.3 is 5.97 Å². The molecule has 0 aliphatic carbocycles. The number of nitrogens with one attached hydrogen (secondary N) is 2. The van der Waals surface area contributed by atoms with Gasteiger partial charge in [0.1, 0.15) is 5.69 Å². The van der Waals surface area contributed by atoms with Crippen molar-refractivity contribution >= 4 is 29.3 Å². The van der Waals surface area contributed by atoms with Gasteiger partial charge in [0.15, 0.2) is 0 Å². The number of aryl methyl sites for hydroxylation is 1. The topological polar surface area (TPSA) is 72.4 Å². The molecule has 6 nitrogen and oxygen atoms in total. The van der Waals surface area contributed by atoms with Gasteiger partial charge in [0.25, 0.3) is 0 Å². The molecule has 1 amide bonds. The fourth-order valence-electron chi connectivity index (χ4n) is 2.23. The third kappa shape index (κ3) is 4.50. The lowest BCUT2D eigenvalue weighted by atomic mass is 10.2. The van der Waals surface area contributed by atoms with Crippen LogP contribution in [0.2, 0.25) is 0 Å². The van der Waals surface area contributed by atoms with Gasteiger partial charge in [0.2, 0.25) is 5.91 Å². The number of ether oxygens (including phenoxy) is 1. The van der Waals surface area contributed by atoms with Crippen molar-refractivity contribution in [1.82, 2.24) is 9.88 Å². The summed E-state index contributed by atoms with van der Waals surface area (Å²) in [6.07, 6.45) is 2.16. The lowest BCUT2D eigenvalue weighted by Gasteiger charge is -2.22. The Balaban J connectivity index is 1.91. The fraction of sp³-hybridized carbons (Fsp3) is 0.571. The maximum absolute atomic E-state index is 12.0. The number of carbonyl (C=O) groups excluding carboxylic acids is 2. The second-order valence-electron chi connectivity index (χ2n) is 4.92. The number of nitrogens with zero attached hydrogens (tertiary/aromatic N) is 1. The molecule has 0 aromatic carbocycles. The molecule has 1 aromatic heterocycles. The van der Waals surface area contributed by atoms with Crippen molar-refractivity contribution in [2.75, 3.05) is 30.0 Å². The van der Waals surface area contributed by atoms with Gasteiger partial charge in [0.05, 0.1) is 12.3 Å². The van der Waals surface area contributed by atoms with Gasteiger partial charge in [0, 0.05) is 43.8 Å². The average molecular weight is 311 g/mol. The fourth-order valence-corrected chi connectivity index (χ4v) is 3.18. The van der Waals surface area contributed by atoms with Crippen LogP contribution >= 0.6 is 11.8 Å². The minimum Gasteiger partial charge on any atom is -0.461 e. The number of thioether (sulfide) groups is 1. The molecule has 1 unspecified atom stereocenters. The predicted octanol–water partition coefficient (Wildman–Crippen LogP) is 1.24. The van der Waals surface area contributed by atoms with E-state index in [0.717, 1.165) is 18.1 Å². The Kier molecular flexibility index (Phi) is 5.69. The van der Waals surface area contributed by atoms with Gasteiger partial charge in [-0.2, -0.15) is 11.8 Å². The van der Waals surface area contributed by atoms with E-state index < -0.39 is 0 Å². The number of amides is 1. The number of carbonyl (C=O) groups is 2. The molecule has 2 heterocycles. The van der Waals surface area contributed by atoms with Gasteiger partial charge in [-0.05, 0) is 13.0 Å². The summed E-state index contributed by atoms with van der Waals surface area (Å²) in [7, 11) is 1.75. The molecule has 0 saturated carbocycles. The van der Waals surface area contributed by atoms with Crippen molar-refractivity contribution < 1.29 is 14.3 Å². The molecule has 1 aliphatic heterocycles. The third-order valence-electron chi connectivity index (χ3n) is 3.20. The molecule has 116 valence electrons. The minimum atomic E-state index is -0.383. The first kappa shape index (κ1) is 15.9. The molecule has 1 aromatic rings. The third-order valence-corrected chi connectivity index (χ3v) is 4.33. The minimum absolute atomic E-state index is 0.0454. The molecule has 7 heteroatoms. The number of hydrogen-bond acceptors (Lipinski definition) is 5. The molecular formula is C14H21N3O3S. The Morgan fingerprint density at radius 3 is 3.05 bits per heavy atom. The van der Waals surface area contributed by atoms with Crippen LogP contribution in [0.1, 0.15) is 23.8 Å². The zero-order chi connectivity index (χ0) is 15.2. The van der Waals surface area contributed by atoms with Crippen molar-refractivity contribution in [2.45, 2.75) is 19.4 Å². The summed E-state index contributed by atoms with van der Waals surface area (Å²) in [5.74, 6) is 1.62. The highest BCUT2D eigenvalue weighted by molar-refractivity contribution is 7.99. The molecule has 1 saturated heterocycles. The van der Waals surface area contributed by atoms with E-state index in [1.54, 1.807) is 30.8 Å². The van der Waals surface area contributed by atoms with E-state index >= 15 is 0 Å². The monoisotopic (exact) mass is 311 g/mol. The molecule has 0 bridgehead atoms. The second-order valence-corrected chi connectivity index (χ2v) is 6.07. The van der Waals surface area contributed by atoms with Crippen molar-refractivity contribution in [3.63, 3.8) is 0 Å². The zero-order valence-electron chi connectivity index (χ0n) is 12.3. The van der Waals surface area contributed by atoms with Crippen molar-refractivity contribution in [2.24, 2.45) is 7.05 Å². The average Bonchev–Trinajstić information content (AvgIpc) is 2.80. The van der Waals surface area contributed by atoms with Crippen LogP contribution in [0.15, 0.2) is 12.3 Å². The number of rotatable bonds is 5. The lowest BCUT2D eigenvalue weighted by molar-refractivity contribution is -0.116. The molecule has 1 aliphatic rings. The summed E-state index contributed by atoms with van der Waals surface area (Å²) in [5.41, 5.74) is 1.05. The maximum atomic E-state index is 12.0. The van der Waals surface area contributed by atoms with E-state index in [9.17, 15) is 9.59 Å². The highest BCUT2D eigenvalue weighted by atomic mass is 32.2. The standard InChI is InChI=1S/C14H21N3O3S/c1-3-20-14(19)12-6-10(8-17(12)2)16-13(18)7-11-9-21-5-4-15-11/h6,8,11,15H,3-5,7,9H2,1-2H3,(H,16,18). The highest BCUT2D eigenvalue weighted by Gasteiger charge is 2.18. The van der Waals surface area contributed by atoms with Crippen LogP contribution in [-0.2, 0) is 16.6 Å². The van der Waals surface area contributed by atoms with Crippen LogP contribution in [0.3, 0.4) is 0 Å². The molecule has 1 fully saturated rings. The number of anilines is 1. The molecule has 21 heavy (non-hydrogen) atoms. The Labute approximate surface area is 128 Å². The van der Waals surface area contributed by atoms with Gasteiger partial charge in [-0.25, -0.2) is 4.79 Å². The Morgan fingerprint density at radius 1 is 1.57 bits per heavy atom. The molecule has 0 radical (unpaired) electrons. The SMILES string of the molecule is CCOC(=O)c1cc(NC(=O)CC2CSCCN2)cn1C. The van der Waals surface area contributed by atoms with Crippen LogP contribution < -0.4 is 10.6 Å². The van der Waals surface area contributed by atoms with E-state index in [4.69, 9.17) is 4.74 Å². The van der Waals surface area contributed by atoms with Gasteiger partial charge < -0.3 is 19.9 Å². The number of esters is 1. The summed E-state index contributed by atoms with van der Waals surface area (Å²) in [6.45, 7) is 3.04. The van der Waals surface area contributed by atoms with Crippen LogP contribution in [0.4, 0.5) is 5.69 Å². The van der Waals surface area contributed by atoms with Crippen molar-refractivity contribution in [3.05, 3.63) is 18.0 Å². The van der Waals surface area contributed by atoms with E-state index in [1.165, 1.54) is 0 Å². The molecular weight excluding hydrogens is 290 g/mol. The lowest BCUT2D eigenvalue weighted by Crippen LogP contribution is -2.39. The Morgan fingerprint density at radius 2 is 2.38 bits per heavy atom. The summed E-state index contributed by atoms with van der Waals surface area (Å²) < 4.78 is 6.62. The van der Waals surface area contributed by atoms with Crippen molar-refractivity contribution in [3.8, 4) is 0 Å². The summed E-state index contributed by atoms with van der Waals surface area (Å²) in [4.78, 5) is 23.7. The number of aromatic nitrogens is 1. The predicted molar refractivity (Wildman–Crippen MR) is 83.7 cm³/mol. The van der Waals surface area contributed by atoms with Crippen LogP contribution in [0.5, 0.6) is 0 Å². The maximum Gasteiger partial charge on any atom is 0.355 e. The molecule has 2 N–H and O–H groups in total. The summed E-state index contributed by atoms with van der Waals surface area (Å²) in [5, 5.41) is 6.16. The Bertz CT molecular complexity index is 510. The number of hydrogen-bond donors (Lipinski definition) is 2. The zero-order valence-corrected chi connectivity index (χ0v) is 13.2. The normalized spacial score (nSPS) is 18.3. The van der Waals surface area contributed by atoms with E-state index in [2.05, 4.69) is 10.6 Å². The van der Waals surface area contributed by atoms with Crippen LogP contribution in [0, 0.1) is 0 Å². The first-order valence-corrected chi connectivity index (χ1v) is 8.20. The molecule has 2 rings (SSSR count). The highest BCUT2D eigenvalue weighted by Crippen LogP contribution is 2.16. The first-order valence-electron chi connectivity index (χ1n) is 7.04. The van der Waals surface area contributed by atoms with E-state index in [-0.39, 0.29) is 17.9 Å². The van der Waals surface area contributed by atoms with Gasteiger partial charge in [-0.1, -0.05) is 0 Å². The van der Waals surface area contributed by atoms with E-state index in [1.807, 2.05) is 11.8 Å². The van der Waals surface area contributed by atoms with E-state index in [0.29, 0.717) is 24.4 Å². The van der Waals surface area contributed by atoms with Crippen LogP contribution in [-0.4, -0.2) is 47.1 Å². The largest absolute Gasteiger partial charge is 0.461 e. The van der Waals surface area contributed by atoms with Crippen LogP contribution in [0.25, 0.3) is 0 Å². The molecule has 1 atom stereocenters.